The first-order chi connectivity index (χ1) is 12.1. The van der Waals surface area contributed by atoms with Crippen LogP contribution in [0.4, 0.5) is 16.2 Å². The Balaban J connectivity index is 1.61. The Morgan fingerprint density at radius 3 is 2.52 bits per heavy atom. The van der Waals surface area contributed by atoms with E-state index in [2.05, 4.69) is 26.8 Å². The first-order valence-corrected chi connectivity index (χ1v) is 8.94. The van der Waals surface area contributed by atoms with Crippen molar-refractivity contribution in [3.8, 4) is 0 Å². The highest BCUT2D eigenvalue weighted by molar-refractivity contribution is 5.54. The minimum atomic E-state index is -0.191. The molecule has 25 heavy (non-hydrogen) atoms. The maximum absolute atomic E-state index is 13.2. The summed E-state index contributed by atoms with van der Waals surface area (Å²) >= 11 is 0. The Labute approximate surface area is 147 Å². The standard InChI is InChI=1S/C19H24FN5/c1-24-8-10-25(11-9-24)18-16-7-4-14(12-17(16)22-19(21)23-18)13-2-5-15(20)6-3-13/h2-3,5-6,14H,4,7-12H2,1H3,(H2,21,22,23). The number of nitrogens with two attached hydrogens (primary N) is 1. The van der Waals surface area contributed by atoms with E-state index in [0.717, 1.165) is 57.0 Å². The lowest BCUT2D eigenvalue weighted by atomic mass is 9.82. The average Bonchev–Trinajstić information content (AvgIpc) is 2.62. The van der Waals surface area contributed by atoms with Crippen molar-refractivity contribution in [2.75, 3.05) is 43.9 Å². The molecule has 2 N–H and O–H groups in total. The highest BCUT2D eigenvalue weighted by Crippen LogP contribution is 2.36. The molecular formula is C19H24FN5. The quantitative estimate of drug-likeness (QED) is 0.908. The molecule has 2 aliphatic rings. The van der Waals surface area contributed by atoms with Crippen LogP contribution in [0.1, 0.15) is 29.2 Å². The number of nitrogen functional groups attached to an aromatic ring is 1. The Morgan fingerprint density at radius 2 is 1.80 bits per heavy atom. The maximum atomic E-state index is 13.2. The fourth-order valence-electron chi connectivity index (χ4n) is 3.91. The van der Waals surface area contributed by atoms with E-state index in [1.54, 1.807) is 0 Å². The average molecular weight is 341 g/mol. The maximum Gasteiger partial charge on any atom is 0.222 e. The van der Waals surface area contributed by atoms with Gasteiger partial charge in [0.25, 0.3) is 0 Å². The van der Waals surface area contributed by atoms with Crippen LogP contribution >= 0.6 is 0 Å². The van der Waals surface area contributed by atoms with Gasteiger partial charge in [-0.3, -0.25) is 0 Å². The van der Waals surface area contributed by atoms with Gasteiger partial charge in [0.15, 0.2) is 0 Å². The van der Waals surface area contributed by atoms with Gasteiger partial charge in [-0.25, -0.2) is 9.37 Å². The lowest BCUT2D eigenvalue weighted by Gasteiger charge is -2.36. The topological polar surface area (TPSA) is 58.3 Å². The number of halogens is 1. The molecule has 1 aliphatic carbocycles. The molecule has 1 aromatic carbocycles. The molecule has 5 nitrogen and oxygen atoms in total. The van der Waals surface area contributed by atoms with Crippen molar-refractivity contribution in [2.45, 2.75) is 25.2 Å². The third-order valence-corrected chi connectivity index (χ3v) is 5.41. The van der Waals surface area contributed by atoms with E-state index in [4.69, 9.17) is 5.73 Å². The van der Waals surface area contributed by atoms with E-state index in [0.29, 0.717) is 11.9 Å². The van der Waals surface area contributed by atoms with Crippen LogP contribution in [0.25, 0.3) is 0 Å². The molecule has 0 bridgehead atoms. The zero-order chi connectivity index (χ0) is 17.4. The normalized spacial score (nSPS) is 21.2. The monoisotopic (exact) mass is 341 g/mol. The van der Waals surface area contributed by atoms with E-state index in [9.17, 15) is 4.39 Å². The summed E-state index contributed by atoms with van der Waals surface area (Å²) in [4.78, 5) is 13.8. The zero-order valence-corrected chi connectivity index (χ0v) is 14.6. The predicted octanol–water partition coefficient (Wildman–Crippen LogP) is 2.22. The van der Waals surface area contributed by atoms with Crippen LogP contribution in [0.5, 0.6) is 0 Å². The van der Waals surface area contributed by atoms with Crippen molar-refractivity contribution in [1.82, 2.24) is 14.9 Å². The summed E-state index contributed by atoms with van der Waals surface area (Å²) in [5, 5.41) is 0. The van der Waals surface area contributed by atoms with Crippen LogP contribution in [0.2, 0.25) is 0 Å². The van der Waals surface area contributed by atoms with Crippen molar-refractivity contribution < 1.29 is 4.39 Å². The lowest BCUT2D eigenvalue weighted by molar-refractivity contribution is 0.311. The second kappa shape index (κ2) is 6.59. The summed E-state index contributed by atoms with van der Waals surface area (Å²) in [6, 6.07) is 6.84. The SMILES string of the molecule is CN1CCN(c2nc(N)nc3c2CCC(c2ccc(F)cc2)C3)CC1. The van der Waals surface area contributed by atoms with E-state index < -0.39 is 0 Å². The van der Waals surface area contributed by atoms with Gasteiger partial charge in [0.2, 0.25) is 5.95 Å². The van der Waals surface area contributed by atoms with Crippen LogP contribution in [0.15, 0.2) is 24.3 Å². The smallest absolute Gasteiger partial charge is 0.222 e. The molecule has 0 radical (unpaired) electrons. The highest BCUT2D eigenvalue weighted by Gasteiger charge is 2.27. The second-order valence-corrected chi connectivity index (χ2v) is 7.11. The minimum Gasteiger partial charge on any atom is -0.368 e. The van der Waals surface area contributed by atoms with Crippen LogP contribution in [-0.2, 0) is 12.8 Å². The second-order valence-electron chi connectivity index (χ2n) is 7.11. The predicted molar refractivity (Wildman–Crippen MR) is 97.3 cm³/mol. The number of hydrogen-bond donors (Lipinski definition) is 1. The number of piperazine rings is 1. The molecule has 1 unspecified atom stereocenters. The zero-order valence-electron chi connectivity index (χ0n) is 14.6. The fraction of sp³-hybridized carbons (Fsp3) is 0.474. The molecule has 6 heteroatoms. The van der Waals surface area contributed by atoms with Crippen molar-refractivity contribution in [1.29, 1.82) is 0 Å². The third-order valence-electron chi connectivity index (χ3n) is 5.41. The van der Waals surface area contributed by atoms with E-state index in [1.807, 2.05) is 12.1 Å². The van der Waals surface area contributed by atoms with Gasteiger partial charge in [0.1, 0.15) is 11.6 Å². The molecule has 1 aromatic heterocycles. The molecule has 4 rings (SSSR count). The van der Waals surface area contributed by atoms with E-state index in [1.165, 1.54) is 23.3 Å². The molecule has 1 saturated heterocycles. The fourth-order valence-corrected chi connectivity index (χ4v) is 3.91. The number of hydrogen-bond acceptors (Lipinski definition) is 5. The molecule has 1 aliphatic heterocycles. The Kier molecular flexibility index (Phi) is 4.29. The largest absolute Gasteiger partial charge is 0.368 e. The summed E-state index contributed by atoms with van der Waals surface area (Å²) in [7, 11) is 2.15. The number of benzene rings is 1. The first-order valence-electron chi connectivity index (χ1n) is 8.94. The van der Waals surface area contributed by atoms with Crippen molar-refractivity contribution in [3.05, 3.63) is 46.9 Å². The molecule has 2 aromatic rings. The molecule has 1 atom stereocenters. The number of fused-ring (bicyclic) bond motifs is 1. The molecule has 0 saturated carbocycles. The Bertz CT molecular complexity index is 753. The van der Waals surface area contributed by atoms with Gasteiger partial charge in [-0.1, -0.05) is 12.1 Å². The summed E-state index contributed by atoms with van der Waals surface area (Å²) in [6.07, 6.45) is 2.82. The molecule has 0 spiro atoms. The van der Waals surface area contributed by atoms with Gasteiger partial charge in [-0.05, 0) is 49.9 Å². The van der Waals surface area contributed by atoms with E-state index in [-0.39, 0.29) is 5.82 Å². The van der Waals surface area contributed by atoms with Crippen LogP contribution < -0.4 is 10.6 Å². The summed E-state index contributed by atoms with van der Waals surface area (Å²) in [5.41, 5.74) is 9.49. The molecule has 132 valence electrons. The van der Waals surface area contributed by atoms with Gasteiger partial charge in [0.05, 0.1) is 5.69 Å². The highest BCUT2D eigenvalue weighted by atomic mass is 19.1. The Morgan fingerprint density at radius 1 is 1.08 bits per heavy atom. The molecular weight excluding hydrogens is 317 g/mol. The van der Waals surface area contributed by atoms with Gasteiger partial charge in [-0.15, -0.1) is 0 Å². The number of likely N-dealkylation sites (N-methyl/N-ethyl adjacent to an activating group) is 1. The molecule has 2 heterocycles. The molecule has 0 amide bonds. The minimum absolute atomic E-state index is 0.191. The third kappa shape index (κ3) is 3.31. The number of nitrogens with zero attached hydrogens (tertiary/aromatic N) is 4. The van der Waals surface area contributed by atoms with Gasteiger partial charge in [0, 0.05) is 31.7 Å². The first kappa shape index (κ1) is 16.3. The Hall–Kier alpha value is -2.21. The van der Waals surface area contributed by atoms with Crippen LogP contribution in [0.3, 0.4) is 0 Å². The summed E-state index contributed by atoms with van der Waals surface area (Å²) < 4.78 is 13.2. The number of rotatable bonds is 2. The number of anilines is 2. The van der Waals surface area contributed by atoms with Gasteiger partial charge >= 0.3 is 0 Å². The van der Waals surface area contributed by atoms with E-state index >= 15 is 0 Å². The van der Waals surface area contributed by atoms with Gasteiger partial charge < -0.3 is 15.5 Å². The summed E-state index contributed by atoms with van der Waals surface area (Å²) in [6.45, 7) is 4.02. The van der Waals surface area contributed by atoms with Gasteiger partial charge in [-0.2, -0.15) is 4.98 Å². The van der Waals surface area contributed by atoms with Crippen LogP contribution in [0, 0.1) is 5.82 Å². The number of aromatic nitrogens is 2. The summed E-state index contributed by atoms with van der Waals surface area (Å²) in [5.74, 6) is 1.55. The lowest BCUT2D eigenvalue weighted by Crippen LogP contribution is -2.45. The van der Waals surface area contributed by atoms with Crippen LogP contribution in [-0.4, -0.2) is 48.1 Å². The molecule has 1 fully saturated rings. The van der Waals surface area contributed by atoms with Crippen molar-refractivity contribution >= 4 is 11.8 Å². The van der Waals surface area contributed by atoms with Crippen molar-refractivity contribution in [2.24, 2.45) is 0 Å². The van der Waals surface area contributed by atoms with Crippen molar-refractivity contribution in [3.63, 3.8) is 0 Å².